The van der Waals surface area contributed by atoms with Crippen LogP contribution in [0.4, 0.5) is 0 Å². The normalized spacial score (nSPS) is 10.4. The number of benzene rings is 2. The number of nitrogens with two attached hydrogens (primary N) is 1. The standard InChI is InChI=1S/C18H21NO2/c1-12-13(2)17(21-3)11-10-14(12)8-9-15-6-4-5-7-16(15)18(19)20/h4-7,10-11H,8-9H2,1-3H3,(H2,19,20). The van der Waals surface area contributed by atoms with Crippen LogP contribution < -0.4 is 10.5 Å². The monoisotopic (exact) mass is 283 g/mol. The van der Waals surface area contributed by atoms with Crippen molar-refractivity contribution in [2.24, 2.45) is 5.73 Å². The van der Waals surface area contributed by atoms with Crippen LogP contribution in [0.3, 0.4) is 0 Å². The molecule has 0 radical (unpaired) electrons. The van der Waals surface area contributed by atoms with E-state index in [1.807, 2.05) is 24.3 Å². The van der Waals surface area contributed by atoms with E-state index in [9.17, 15) is 4.79 Å². The summed E-state index contributed by atoms with van der Waals surface area (Å²) in [6.07, 6.45) is 1.67. The number of methoxy groups -OCH3 is 1. The number of aryl methyl sites for hydroxylation is 2. The van der Waals surface area contributed by atoms with E-state index in [0.29, 0.717) is 5.56 Å². The van der Waals surface area contributed by atoms with E-state index < -0.39 is 0 Å². The zero-order valence-electron chi connectivity index (χ0n) is 12.8. The minimum absolute atomic E-state index is 0.367. The fourth-order valence-electron chi connectivity index (χ4n) is 2.59. The highest BCUT2D eigenvalue weighted by Gasteiger charge is 2.10. The Morgan fingerprint density at radius 3 is 2.33 bits per heavy atom. The summed E-state index contributed by atoms with van der Waals surface area (Å²) in [5.41, 5.74) is 10.7. The van der Waals surface area contributed by atoms with Gasteiger partial charge in [-0.05, 0) is 61.1 Å². The number of amides is 1. The Balaban J connectivity index is 2.21. The summed E-state index contributed by atoms with van der Waals surface area (Å²) in [5, 5.41) is 0. The van der Waals surface area contributed by atoms with Gasteiger partial charge in [-0.25, -0.2) is 0 Å². The third kappa shape index (κ3) is 3.24. The summed E-state index contributed by atoms with van der Waals surface area (Å²) < 4.78 is 5.33. The first-order valence-electron chi connectivity index (χ1n) is 7.05. The van der Waals surface area contributed by atoms with Gasteiger partial charge in [0.1, 0.15) is 5.75 Å². The highest BCUT2D eigenvalue weighted by Crippen LogP contribution is 2.25. The smallest absolute Gasteiger partial charge is 0.248 e. The maximum absolute atomic E-state index is 11.4. The largest absolute Gasteiger partial charge is 0.496 e. The second-order valence-corrected chi connectivity index (χ2v) is 5.20. The van der Waals surface area contributed by atoms with Gasteiger partial charge in [0.15, 0.2) is 0 Å². The summed E-state index contributed by atoms with van der Waals surface area (Å²) in [4.78, 5) is 11.4. The van der Waals surface area contributed by atoms with E-state index >= 15 is 0 Å². The summed E-state index contributed by atoms with van der Waals surface area (Å²) in [5.74, 6) is 0.544. The van der Waals surface area contributed by atoms with Gasteiger partial charge in [-0.1, -0.05) is 24.3 Å². The van der Waals surface area contributed by atoms with Crippen molar-refractivity contribution in [2.75, 3.05) is 7.11 Å². The van der Waals surface area contributed by atoms with Gasteiger partial charge in [-0.3, -0.25) is 4.79 Å². The highest BCUT2D eigenvalue weighted by molar-refractivity contribution is 5.94. The number of hydrogen-bond acceptors (Lipinski definition) is 2. The number of ether oxygens (including phenoxy) is 1. The Labute approximate surface area is 125 Å². The summed E-state index contributed by atoms with van der Waals surface area (Å²) in [6, 6.07) is 11.6. The second kappa shape index (κ2) is 6.44. The third-order valence-electron chi connectivity index (χ3n) is 4.02. The lowest BCUT2D eigenvalue weighted by Gasteiger charge is -2.13. The maximum atomic E-state index is 11.4. The zero-order chi connectivity index (χ0) is 15.4. The molecule has 110 valence electrons. The van der Waals surface area contributed by atoms with Crippen LogP contribution >= 0.6 is 0 Å². The molecule has 0 saturated carbocycles. The molecule has 0 heterocycles. The van der Waals surface area contributed by atoms with Crippen molar-refractivity contribution in [3.8, 4) is 5.75 Å². The van der Waals surface area contributed by atoms with Crippen LogP contribution in [0.5, 0.6) is 5.75 Å². The number of rotatable bonds is 5. The molecule has 0 atom stereocenters. The predicted molar refractivity (Wildman–Crippen MR) is 84.8 cm³/mol. The summed E-state index contributed by atoms with van der Waals surface area (Å²) >= 11 is 0. The fourth-order valence-corrected chi connectivity index (χ4v) is 2.59. The molecule has 0 spiro atoms. The van der Waals surface area contributed by atoms with Gasteiger partial charge in [0.25, 0.3) is 0 Å². The van der Waals surface area contributed by atoms with E-state index in [4.69, 9.17) is 10.5 Å². The molecule has 2 aromatic carbocycles. The highest BCUT2D eigenvalue weighted by atomic mass is 16.5. The molecule has 1 amide bonds. The average Bonchev–Trinajstić information content (AvgIpc) is 2.49. The van der Waals surface area contributed by atoms with Crippen LogP contribution in [0.15, 0.2) is 36.4 Å². The van der Waals surface area contributed by atoms with Crippen LogP contribution in [-0.2, 0) is 12.8 Å². The zero-order valence-corrected chi connectivity index (χ0v) is 12.8. The number of primary amides is 1. The molecule has 0 fully saturated rings. The van der Waals surface area contributed by atoms with Crippen molar-refractivity contribution in [3.05, 3.63) is 64.2 Å². The second-order valence-electron chi connectivity index (χ2n) is 5.20. The molecular weight excluding hydrogens is 262 g/mol. The van der Waals surface area contributed by atoms with E-state index in [-0.39, 0.29) is 5.91 Å². The molecule has 3 nitrogen and oxygen atoms in total. The molecule has 0 aliphatic carbocycles. The Bertz CT molecular complexity index is 662. The average molecular weight is 283 g/mol. The number of hydrogen-bond donors (Lipinski definition) is 1. The summed E-state index contributed by atoms with van der Waals surface area (Å²) in [6.45, 7) is 4.17. The quantitative estimate of drug-likeness (QED) is 0.916. The Hall–Kier alpha value is -2.29. The molecule has 0 aliphatic rings. The van der Waals surface area contributed by atoms with Crippen LogP contribution in [0.25, 0.3) is 0 Å². The van der Waals surface area contributed by atoms with Crippen molar-refractivity contribution in [1.29, 1.82) is 0 Å². The molecule has 2 rings (SSSR count). The van der Waals surface area contributed by atoms with Gasteiger partial charge in [0.05, 0.1) is 7.11 Å². The lowest BCUT2D eigenvalue weighted by atomic mass is 9.95. The van der Waals surface area contributed by atoms with Gasteiger partial charge in [-0.15, -0.1) is 0 Å². The lowest BCUT2D eigenvalue weighted by Crippen LogP contribution is -2.14. The number of carbonyl (C=O) groups excluding carboxylic acids is 1. The molecule has 0 bridgehead atoms. The Morgan fingerprint density at radius 2 is 1.67 bits per heavy atom. The first-order valence-corrected chi connectivity index (χ1v) is 7.05. The van der Waals surface area contributed by atoms with Gasteiger partial charge in [-0.2, -0.15) is 0 Å². The number of carbonyl (C=O) groups is 1. The molecule has 2 aromatic rings. The van der Waals surface area contributed by atoms with Crippen molar-refractivity contribution in [3.63, 3.8) is 0 Å². The SMILES string of the molecule is COc1ccc(CCc2ccccc2C(N)=O)c(C)c1C. The molecule has 0 unspecified atom stereocenters. The first kappa shape index (κ1) is 15.1. The van der Waals surface area contributed by atoms with Crippen molar-refractivity contribution in [1.82, 2.24) is 0 Å². The van der Waals surface area contributed by atoms with E-state index in [0.717, 1.165) is 29.7 Å². The van der Waals surface area contributed by atoms with Gasteiger partial charge < -0.3 is 10.5 Å². The predicted octanol–water partition coefficient (Wildman–Crippen LogP) is 3.20. The minimum atomic E-state index is -0.367. The van der Waals surface area contributed by atoms with Crippen molar-refractivity contribution < 1.29 is 9.53 Å². The Kier molecular flexibility index (Phi) is 4.63. The molecule has 2 N–H and O–H groups in total. The van der Waals surface area contributed by atoms with E-state index in [1.165, 1.54) is 11.1 Å². The molecule has 0 aromatic heterocycles. The third-order valence-corrected chi connectivity index (χ3v) is 4.02. The van der Waals surface area contributed by atoms with Crippen LogP contribution in [0.2, 0.25) is 0 Å². The molecule has 3 heteroatoms. The molecule has 0 aliphatic heterocycles. The first-order chi connectivity index (χ1) is 10.0. The summed E-state index contributed by atoms with van der Waals surface area (Å²) in [7, 11) is 1.69. The molecular formula is C18H21NO2. The van der Waals surface area contributed by atoms with E-state index in [2.05, 4.69) is 19.9 Å². The van der Waals surface area contributed by atoms with Crippen LogP contribution in [0, 0.1) is 13.8 Å². The van der Waals surface area contributed by atoms with Gasteiger partial charge in [0, 0.05) is 5.56 Å². The topological polar surface area (TPSA) is 52.3 Å². The Morgan fingerprint density at radius 1 is 1.00 bits per heavy atom. The fraction of sp³-hybridized carbons (Fsp3) is 0.278. The molecule has 0 saturated heterocycles. The van der Waals surface area contributed by atoms with E-state index in [1.54, 1.807) is 13.2 Å². The van der Waals surface area contributed by atoms with Crippen LogP contribution in [0.1, 0.15) is 32.6 Å². The maximum Gasteiger partial charge on any atom is 0.248 e. The lowest BCUT2D eigenvalue weighted by molar-refractivity contribution is 0.0999. The van der Waals surface area contributed by atoms with Crippen molar-refractivity contribution in [2.45, 2.75) is 26.7 Å². The minimum Gasteiger partial charge on any atom is -0.496 e. The van der Waals surface area contributed by atoms with Crippen LogP contribution in [-0.4, -0.2) is 13.0 Å². The van der Waals surface area contributed by atoms with Gasteiger partial charge >= 0.3 is 0 Å². The molecule has 21 heavy (non-hydrogen) atoms. The van der Waals surface area contributed by atoms with Gasteiger partial charge in [0.2, 0.25) is 5.91 Å². The van der Waals surface area contributed by atoms with Crippen molar-refractivity contribution >= 4 is 5.91 Å².